The first kappa shape index (κ1) is 13.6. The molecule has 0 atom stereocenters. The van der Waals surface area contributed by atoms with Crippen LogP contribution >= 0.6 is 11.6 Å². The predicted octanol–water partition coefficient (Wildman–Crippen LogP) is 3.30. The van der Waals surface area contributed by atoms with Crippen LogP contribution in [0.25, 0.3) is 11.1 Å². The molecule has 4 nitrogen and oxygen atoms in total. The van der Waals surface area contributed by atoms with E-state index in [1.54, 1.807) is 4.68 Å². The van der Waals surface area contributed by atoms with Crippen LogP contribution in [0.1, 0.15) is 17.8 Å². The lowest BCUT2D eigenvalue weighted by molar-refractivity contribution is -0.137. The average molecular weight is 279 g/mol. The number of benzene rings is 1. The number of hydrogen-bond acceptors (Lipinski definition) is 2. The highest BCUT2D eigenvalue weighted by atomic mass is 35.5. The lowest BCUT2D eigenvalue weighted by Gasteiger charge is -2.04. The summed E-state index contributed by atoms with van der Waals surface area (Å²) >= 11 is 6.00. The molecule has 0 bridgehead atoms. The molecule has 1 N–H and O–H groups in total. The molecule has 1 heterocycles. The van der Waals surface area contributed by atoms with Crippen molar-refractivity contribution in [2.24, 2.45) is 0 Å². The summed E-state index contributed by atoms with van der Waals surface area (Å²) in [5.74, 6) is -0.822. The summed E-state index contributed by atoms with van der Waals surface area (Å²) in [6.45, 7) is 4.24. The zero-order chi connectivity index (χ0) is 14.0. The van der Waals surface area contributed by atoms with E-state index in [4.69, 9.17) is 16.7 Å². The summed E-state index contributed by atoms with van der Waals surface area (Å²) in [6, 6.07) is 7.58. The SMILES string of the molecule is Cc1nn(CCC(=O)O)c(C)c1-c1cccc(Cl)c1. The predicted molar refractivity (Wildman–Crippen MR) is 74.4 cm³/mol. The first-order chi connectivity index (χ1) is 8.99. The molecule has 0 amide bonds. The maximum absolute atomic E-state index is 10.6. The quantitative estimate of drug-likeness (QED) is 0.934. The molecule has 0 unspecified atom stereocenters. The van der Waals surface area contributed by atoms with Gasteiger partial charge in [0, 0.05) is 16.3 Å². The third-order valence-corrected chi connectivity index (χ3v) is 3.27. The Morgan fingerprint density at radius 3 is 2.79 bits per heavy atom. The van der Waals surface area contributed by atoms with Gasteiger partial charge in [0.05, 0.1) is 18.7 Å². The number of carboxylic acid groups (broad SMARTS) is 1. The van der Waals surface area contributed by atoms with Gasteiger partial charge in [-0.2, -0.15) is 5.10 Å². The highest BCUT2D eigenvalue weighted by molar-refractivity contribution is 6.30. The second kappa shape index (κ2) is 5.45. The number of carboxylic acids is 1. The fraction of sp³-hybridized carbons (Fsp3) is 0.286. The van der Waals surface area contributed by atoms with E-state index in [0.29, 0.717) is 11.6 Å². The van der Waals surface area contributed by atoms with Crippen molar-refractivity contribution in [2.75, 3.05) is 0 Å². The van der Waals surface area contributed by atoms with E-state index in [2.05, 4.69) is 5.10 Å². The summed E-state index contributed by atoms with van der Waals surface area (Å²) < 4.78 is 1.74. The van der Waals surface area contributed by atoms with Crippen molar-refractivity contribution >= 4 is 17.6 Å². The molecular weight excluding hydrogens is 264 g/mol. The lowest BCUT2D eigenvalue weighted by Crippen LogP contribution is -2.07. The van der Waals surface area contributed by atoms with Crippen molar-refractivity contribution in [1.82, 2.24) is 9.78 Å². The molecular formula is C14H15ClN2O2. The number of halogens is 1. The van der Waals surface area contributed by atoms with Gasteiger partial charge in [0.1, 0.15) is 0 Å². The molecule has 1 aromatic carbocycles. The van der Waals surface area contributed by atoms with Gasteiger partial charge in [-0.3, -0.25) is 9.48 Å². The van der Waals surface area contributed by atoms with Crippen LogP contribution in [0, 0.1) is 13.8 Å². The highest BCUT2D eigenvalue weighted by Gasteiger charge is 2.14. The van der Waals surface area contributed by atoms with Crippen LogP contribution in [0.2, 0.25) is 5.02 Å². The number of aliphatic carboxylic acids is 1. The number of aromatic nitrogens is 2. The van der Waals surface area contributed by atoms with Crippen molar-refractivity contribution in [3.8, 4) is 11.1 Å². The largest absolute Gasteiger partial charge is 0.481 e. The van der Waals surface area contributed by atoms with Gasteiger partial charge in [0.2, 0.25) is 0 Å². The minimum atomic E-state index is -0.822. The van der Waals surface area contributed by atoms with Crippen molar-refractivity contribution < 1.29 is 9.90 Å². The molecule has 0 aliphatic rings. The molecule has 0 aliphatic carbocycles. The standard InChI is InChI=1S/C14H15ClN2O2/c1-9-14(11-4-3-5-12(15)8-11)10(2)17(16-9)7-6-13(18)19/h3-5,8H,6-7H2,1-2H3,(H,18,19). The first-order valence-electron chi connectivity index (χ1n) is 6.01. The highest BCUT2D eigenvalue weighted by Crippen LogP contribution is 2.28. The molecule has 0 aliphatic heterocycles. The van der Waals surface area contributed by atoms with Gasteiger partial charge in [-0.15, -0.1) is 0 Å². The van der Waals surface area contributed by atoms with Gasteiger partial charge in [-0.25, -0.2) is 0 Å². The molecule has 0 radical (unpaired) electrons. The van der Waals surface area contributed by atoms with Crippen LogP contribution in [-0.2, 0) is 11.3 Å². The Kier molecular flexibility index (Phi) is 3.90. The Hall–Kier alpha value is -1.81. The van der Waals surface area contributed by atoms with Crippen molar-refractivity contribution in [1.29, 1.82) is 0 Å². The second-order valence-corrected chi connectivity index (χ2v) is 4.86. The Labute approximate surface area is 116 Å². The van der Waals surface area contributed by atoms with Crippen molar-refractivity contribution in [2.45, 2.75) is 26.8 Å². The number of aryl methyl sites for hydroxylation is 2. The van der Waals surface area contributed by atoms with Crippen LogP contribution in [0.3, 0.4) is 0 Å². The van der Waals surface area contributed by atoms with Gasteiger partial charge in [-0.05, 0) is 31.5 Å². The van der Waals surface area contributed by atoms with Crippen LogP contribution in [-0.4, -0.2) is 20.9 Å². The van der Waals surface area contributed by atoms with E-state index < -0.39 is 5.97 Å². The third-order valence-electron chi connectivity index (χ3n) is 3.03. The number of hydrogen-bond donors (Lipinski definition) is 1. The average Bonchev–Trinajstić information content (AvgIpc) is 2.62. The Bertz CT molecular complexity index is 620. The van der Waals surface area contributed by atoms with Crippen LogP contribution in [0.4, 0.5) is 0 Å². The molecule has 0 saturated carbocycles. The molecule has 1 aromatic heterocycles. The maximum atomic E-state index is 10.6. The van der Waals surface area contributed by atoms with E-state index in [1.807, 2.05) is 38.1 Å². The lowest BCUT2D eigenvalue weighted by atomic mass is 10.0. The molecule has 2 aromatic rings. The summed E-state index contributed by atoms with van der Waals surface area (Å²) in [5.41, 5.74) is 3.86. The zero-order valence-electron chi connectivity index (χ0n) is 10.9. The third kappa shape index (κ3) is 2.96. The first-order valence-corrected chi connectivity index (χ1v) is 6.38. The minimum Gasteiger partial charge on any atom is -0.481 e. The van der Waals surface area contributed by atoms with Gasteiger partial charge in [-0.1, -0.05) is 23.7 Å². The van der Waals surface area contributed by atoms with Gasteiger partial charge < -0.3 is 5.11 Å². The Balaban J connectivity index is 2.39. The van der Waals surface area contributed by atoms with Crippen molar-refractivity contribution in [3.63, 3.8) is 0 Å². The molecule has 2 rings (SSSR count). The minimum absolute atomic E-state index is 0.0664. The zero-order valence-corrected chi connectivity index (χ0v) is 11.6. The maximum Gasteiger partial charge on any atom is 0.305 e. The van der Waals surface area contributed by atoms with Crippen molar-refractivity contribution in [3.05, 3.63) is 40.7 Å². The molecule has 19 heavy (non-hydrogen) atoms. The molecule has 0 saturated heterocycles. The van der Waals surface area contributed by atoms with E-state index >= 15 is 0 Å². The van der Waals surface area contributed by atoms with E-state index in [1.165, 1.54) is 0 Å². The second-order valence-electron chi connectivity index (χ2n) is 4.42. The van der Waals surface area contributed by atoms with E-state index in [0.717, 1.165) is 22.5 Å². The van der Waals surface area contributed by atoms with Crippen LogP contribution in [0.5, 0.6) is 0 Å². The molecule has 0 spiro atoms. The van der Waals surface area contributed by atoms with E-state index in [-0.39, 0.29) is 6.42 Å². The summed E-state index contributed by atoms with van der Waals surface area (Å²) in [4.78, 5) is 10.6. The molecule has 5 heteroatoms. The van der Waals surface area contributed by atoms with E-state index in [9.17, 15) is 4.79 Å². The molecule has 0 fully saturated rings. The van der Waals surface area contributed by atoms with Gasteiger partial charge in [0.15, 0.2) is 0 Å². The normalized spacial score (nSPS) is 10.7. The number of rotatable bonds is 4. The van der Waals surface area contributed by atoms with Crippen LogP contribution in [0.15, 0.2) is 24.3 Å². The number of nitrogens with zero attached hydrogens (tertiary/aromatic N) is 2. The Morgan fingerprint density at radius 2 is 2.16 bits per heavy atom. The molecule has 100 valence electrons. The van der Waals surface area contributed by atoms with Gasteiger partial charge in [0.25, 0.3) is 0 Å². The van der Waals surface area contributed by atoms with Crippen LogP contribution < -0.4 is 0 Å². The fourth-order valence-corrected chi connectivity index (χ4v) is 2.37. The monoisotopic (exact) mass is 278 g/mol. The number of carbonyl (C=O) groups is 1. The Morgan fingerprint density at radius 1 is 1.42 bits per heavy atom. The van der Waals surface area contributed by atoms with Gasteiger partial charge >= 0.3 is 5.97 Å². The fourth-order valence-electron chi connectivity index (χ4n) is 2.18. The smallest absolute Gasteiger partial charge is 0.305 e. The summed E-state index contributed by atoms with van der Waals surface area (Å²) in [6.07, 6.45) is 0.0664. The summed E-state index contributed by atoms with van der Waals surface area (Å²) in [5, 5.41) is 13.8. The summed E-state index contributed by atoms with van der Waals surface area (Å²) in [7, 11) is 0. The topological polar surface area (TPSA) is 55.1 Å².